The highest BCUT2D eigenvalue weighted by Crippen LogP contribution is 2.21. The van der Waals surface area contributed by atoms with Crippen LogP contribution in [0.25, 0.3) is 10.8 Å². The number of fused-ring (bicyclic) bond motifs is 1. The second-order valence-corrected chi connectivity index (χ2v) is 5.04. The standard InChI is InChI=1S/C17H21N3O3/c1-3-18-16(21)11-20-17(22)19-10-12-4-5-14-9-15(23-2)7-6-13(14)8-12/h4-9H,3,10-11H2,1-2H3,(H,18,21)(H2,19,20,22). The molecule has 0 spiro atoms. The molecule has 3 N–H and O–H groups in total. The van der Waals surface area contributed by atoms with Crippen molar-refractivity contribution in [2.75, 3.05) is 20.2 Å². The Bertz CT molecular complexity index is 701. The molecule has 0 fully saturated rings. The van der Waals surface area contributed by atoms with Crippen LogP contribution in [0.1, 0.15) is 12.5 Å². The molecule has 122 valence electrons. The summed E-state index contributed by atoms with van der Waals surface area (Å²) in [7, 11) is 1.64. The Balaban J connectivity index is 1.89. The molecular formula is C17H21N3O3. The molecule has 0 saturated carbocycles. The van der Waals surface area contributed by atoms with Crippen molar-refractivity contribution in [1.82, 2.24) is 16.0 Å². The van der Waals surface area contributed by atoms with Crippen LogP contribution in [0.4, 0.5) is 4.79 Å². The Morgan fingerprint density at radius 1 is 1.00 bits per heavy atom. The number of carbonyl (C=O) groups excluding carboxylic acids is 2. The van der Waals surface area contributed by atoms with Crippen LogP contribution in [0.3, 0.4) is 0 Å². The van der Waals surface area contributed by atoms with Gasteiger partial charge in [0.1, 0.15) is 5.75 Å². The van der Waals surface area contributed by atoms with Crippen LogP contribution in [0.5, 0.6) is 5.75 Å². The highest BCUT2D eigenvalue weighted by molar-refractivity contribution is 5.85. The maximum absolute atomic E-state index is 11.7. The van der Waals surface area contributed by atoms with E-state index >= 15 is 0 Å². The molecule has 2 aromatic rings. The van der Waals surface area contributed by atoms with Crippen molar-refractivity contribution in [2.45, 2.75) is 13.5 Å². The van der Waals surface area contributed by atoms with Crippen LogP contribution >= 0.6 is 0 Å². The average molecular weight is 315 g/mol. The highest BCUT2D eigenvalue weighted by atomic mass is 16.5. The number of methoxy groups -OCH3 is 1. The molecule has 2 aromatic carbocycles. The first-order valence-electron chi connectivity index (χ1n) is 7.47. The molecule has 0 radical (unpaired) electrons. The molecule has 3 amide bonds. The number of likely N-dealkylation sites (N-methyl/N-ethyl adjacent to an activating group) is 1. The van der Waals surface area contributed by atoms with Crippen LogP contribution < -0.4 is 20.7 Å². The van der Waals surface area contributed by atoms with Gasteiger partial charge in [0.05, 0.1) is 13.7 Å². The summed E-state index contributed by atoms with van der Waals surface area (Å²) in [6.07, 6.45) is 0. The fraction of sp³-hybridized carbons (Fsp3) is 0.294. The smallest absolute Gasteiger partial charge is 0.315 e. The summed E-state index contributed by atoms with van der Waals surface area (Å²) in [5.41, 5.74) is 0.982. The number of hydrogen-bond donors (Lipinski definition) is 3. The van der Waals surface area contributed by atoms with E-state index in [0.717, 1.165) is 22.1 Å². The maximum atomic E-state index is 11.7. The number of ether oxygens (including phenoxy) is 1. The third-order valence-corrected chi connectivity index (χ3v) is 3.35. The van der Waals surface area contributed by atoms with E-state index in [0.29, 0.717) is 13.1 Å². The number of urea groups is 1. The fourth-order valence-electron chi connectivity index (χ4n) is 2.18. The molecule has 0 aromatic heterocycles. The molecule has 0 saturated heterocycles. The van der Waals surface area contributed by atoms with Crippen molar-refractivity contribution in [1.29, 1.82) is 0 Å². The van der Waals surface area contributed by atoms with E-state index in [1.165, 1.54) is 0 Å². The number of nitrogens with one attached hydrogen (secondary N) is 3. The first kappa shape index (κ1) is 16.6. The van der Waals surface area contributed by atoms with Crippen LogP contribution in [0.2, 0.25) is 0 Å². The molecule has 2 rings (SSSR count). The third kappa shape index (κ3) is 4.88. The number of benzene rings is 2. The third-order valence-electron chi connectivity index (χ3n) is 3.35. The summed E-state index contributed by atoms with van der Waals surface area (Å²) in [6, 6.07) is 11.4. The zero-order chi connectivity index (χ0) is 16.7. The maximum Gasteiger partial charge on any atom is 0.315 e. The summed E-state index contributed by atoms with van der Waals surface area (Å²) < 4.78 is 5.20. The van der Waals surface area contributed by atoms with Gasteiger partial charge in [-0.1, -0.05) is 18.2 Å². The lowest BCUT2D eigenvalue weighted by Crippen LogP contribution is -2.41. The van der Waals surface area contributed by atoms with Gasteiger partial charge in [-0.2, -0.15) is 0 Å². The Hall–Kier alpha value is -2.76. The van der Waals surface area contributed by atoms with Gasteiger partial charge >= 0.3 is 6.03 Å². The Kier molecular flexibility index (Phi) is 5.80. The lowest BCUT2D eigenvalue weighted by atomic mass is 10.1. The minimum atomic E-state index is -0.369. The molecule has 0 aliphatic carbocycles. The topological polar surface area (TPSA) is 79.5 Å². The van der Waals surface area contributed by atoms with E-state index in [2.05, 4.69) is 16.0 Å². The van der Waals surface area contributed by atoms with Crippen molar-refractivity contribution in [2.24, 2.45) is 0 Å². The predicted octanol–water partition coefficient (Wildman–Crippen LogP) is 1.78. The molecule has 23 heavy (non-hydrogen) atoms. The molecule has 0 unspecified atom stereocenters. The van der Waals surface area contributed by atoms with Crippen molar-refractivity contribution in [3.63, 3.8) is 0 Å². The van der Waals surface area contributed by atoms with Gasteiger partial charge in [-0.25, -0.2) is 4.79 Å². The Labute approximate surface area is 135 Å². The molecule has 0 aliphatic rings. The van der Waals surface area contributed by atoms with E-state index in [-0.39, 0.29) is 18.5 Å². The zero-order valence-electron chi connectivity index (χ0n) is 13.3. The number of carbonyl (C=O) groups is 2. The Morgan fingerprint density at radius 3 is 2.48 bits per heavy atom. The molecule has 0 atom stereocenters. The molecule has 0 heterocycles. The van der Waals surface area contributed by atoms with Gasteiger partial charge in [0.25, 0.3) is 0 Å². The van der Waals surface area contributed by atoms with Crippen molar-refractivity contribution in [3.05, 3.63) is 42.0 Å². The molecule has 0 bridgehead atoms. The van der Waals surface area contributed by atoms with E-state index in [1.54, 1.807) is 7.11 Å². The normalized spacial score (nSPS) is 10.2. The van der Waals surface area contributed by atoms with Gasteiger partial charge in [0, 0.05) is 13.1 Å². The van der Waals surface area contributed by atoms with E-state index in [9.17, 15) is 9.59 Å². The van der Waals surface area contributed by atoms with Gasteiger partial charge in [0.15, 0.2) is 0 Å². The first-order chi connectivity index (χ1) is 11.1. The largest absolute Gasteiger partial charge is 0.497 e. The molecule has 6 heteroatoms. The lowest BCUT2D eigenvalue weighted by Gasteiger charge is -2.09. The van der Waals surface area contributed by atoms with Gasteiger partial charge in [-0.15, -0.1) is 0 Å². The summed E-state index contributed by atoms with van der Waals surface area (Å²) >= 11 is 0. The van der Waals surface area contributed by atoms with Crippen molar-refractivity contribution >= 4 is 22.7 Å². The van der Waals surface area contributed by atoms with E-state index in [4.69, 9.17) is 4.74 Å². The first-order valence-corrected chi connectivity index (χ1v) is 7.47. The average Bonchev–Trinajstić information content (AvgIpc) is 2.57. The zero-order valence-corrected chi connectivity index (χ0v) is 13.3. The SMILES string of the molecule is CCNC(=O)CNC(=O)NCc1ccc2cc(OC)ccc2c1. The second-order valence-electron chi connectivity index (χ2n) is 5.04. The lowest BCUT2D eigenvalue weighted by molar-refractivity contribution is -0.119. The molecule has 0 aliphatic heterocycles. The van der Waals surface area contributed by atoms with Gasteiger partial charge < -0.3 is 20.7 Å². The summed E-state index contributed by atoms with van der Waals surface area (Å²) in [6.45, 7) is 2.73. The monoisotopic (exact) mass is 315 g/mol. The van der Waals surface area contributed by atoms with Crippen LogP contribution in [-0.4, -0.2) is 32.1 Å². The van der Waals surface area contributed by atoms with Gasteiger partial charge in [-0.05, 0) is 41.5 Å². The van der Waals surface area contributed by atoms with Crippen molar-refractivity contribution in [3.8, 4) is 5.75 Å². The second kappa shape index (κ2) is 8.03. The number of hydrogen-bond acceptors (Lipinski definition) is 3. The van der Waals surface area contributed by atoms with Gasteiger partial charge in [-0.3, -0.25) is 4.79 Å². The van der Waals surface area contributed by atoms with Crippen LogP contribution in [0, 0.1) is 0 Å². The Morgan fingerprint density at radius 2 is 1.74 bits per heavy atom. The number of amides is 3. The highest BCUT2D eigenvalue weighted by Gasteiger charge is 2.04. The number of rotatable bonds is 6. The minimum Gasteiger partial charge on any atom is -0.497 e. The van der Waals surface area contributed by atoms with Gasteiger partial charge in [0.2, 0.25) is 5.91 Å². The molecular weight excluding hydrogens is 294 g/mol. The van der Waals surface area contributed by atoms with E-state index in [1.807, 2.05) is 43.3 Å². The fourth-order valence-corrected chi connectivity index (χ4v) is 2.18. The summed E-state index contributed by atoms with van der Waals surface area (Å²) in [5, 5.41) is 10.0. The summed E-state index contributed by atoms with van der Waals surface area (Å²) in [5.74, 6) is 0.607. The minimum absolute atomic E-state index is 0.0306. The molecule has 6 nitrogen and oxygen atoms in total. The predicted molar refractivity (Wildman–Crippen MR) is 89.4 cm³/mol. The van der Waals surface area contributed by atoms with Crippen molar-refractivity contribution < 1.29 is 14.3 Å². The van der Waals surface area contributed by atoms with Crippen LogP contribution in [0.15, 0.2) is 36.4 Å². The van der Waals surface area contributed by atoms with E-state index < -0.39 is 0 Å². The quantitative estimate of drug-likeness (QED) is 0.760. The summed E-state index contributed by atoms with van der Waals surface area (Å²) in [4.78, 5) is 22.9. The van der Waals surface area contributed by atoms with Crippen LogP contribution in [-0.2, 0) is 11.3 Å².